The van der Waals surface area contributed by atoms with E-state index >= 15 is 0 Å². The Bertz CT molecular complexity index is 1110. The van der Waals surface area contributed by atoms with E-state index in [1.165, 1.54) is 10.9 Å². The van der Waals surface area contributed by atoms with Crippen molar-refractivity contribution in [3.63, 3.8) is 0 Å². The molecule has 3 aromatic rings. The number of hydrogen-bond donors (Lipinski definition) is 1. The van der Waals surface area contributed by atoms with Gasteiger partial charge in [-0.15, -0.1) is 23.7 Å². The first-order valence-electron chi connectivity index (χ1n) is 11.2. The van der Waals surface area contributed by atoms with E-state index in [1.54, 1.807) is 41.7 Å². The van der Waals surface area contributed by atoms with Gasteiger partial charge in [0, 0.05) is 30.4 Å². The van der Waals surface area contributed by atoms with E-state index in [4.69, 9.17) is 21.4 Å². The first-order valence-corrected chi connectivity index (χ1v) is 12.4. The van der Waals surface area contributed by atoms with Gasteiger partial charge in [-0.05, 0) is 47.2 Å². The molecule has 0 aliphatic carbocycles. The Labute approximate surface area is 224 Å². The highest BCUT2D eigenvalue weighted by atomic mass is 35.5. The Kier molecular flexibility index (Phi) is 11.6. The number of ether oxygens (including phenoxy) is 1. The number of carboxylic acids is 1. The average Bonchev–Trinajstić information content (AvgIpc) is 3.32. The molecule has 2 aromatic carbocycles. The van der Waals surface area contributed by atoms with Gasteiger partial charge in [0.1, 0.15) is 5.75 Å². The molecule has 196 valence electrons. The Balaban J connectivity index is 0.00000456. The third-order valence-electron chi connectivity index (χ3n) is 5.48. The maximum Gasteiger partial charge on any atom is 0.417 e. The summed E-state index contributed by atoms with van der Waals surface area (Å²) in [6, 6.07) is 15.0. The molecule has 36 heavy (non-hydrogen) atoms. The minimum absolute atomic E-state index is 0. The predicted octanol–water partition coefficient (Wildman–Crippen LogP) is 7.54. The van der Waals surface area contributed by atoms with E-state index in [9.17, 15) is 18.0 Å². The Morgan fingerprint density at radius 1 is 1.17 bits per heavy atom. The molecule has 1 aromatic heterocycles. The summed E-state index contributed by atoms with van der Waals surface area (Å²) in [7, 11) is 0. The zero-order valence-corrected chi connectivity index (χ0v) is 22.0. The van der Waals surface area contributed by atoms with Crippen molar-refractivity contribution in [2.24, 2.45) is 0 Å². The van der Waals surface area contributed by atoms with Gasteiger partial charge in [0.05, 0.1) is 23.6 Å². The standard InChI is InChI=1S/C26H27ClF3NO3S.ClH/c1-18(23-10-4-13-35-23)16-31(17-20-7-3-9-22(25(20)27)26(28,29)30)11-5-12-34-21-8-2-6-19(14-21)15-24(32)33;/h2-4,6-10,13-14,18H,5,11-12,15-17H2,1H3,(H,32,33);1H. The quantitative estimate of drug-likeness (QED) is 0.232. The van der Waals surface area contributed by atoms with Crippen LogP contribution in [0.2, 0.25) is 5.02 Å². The first-order chi connectivity index (χ1) is 16.6. The molecule has 1 heterocycles. The van der Waals surface area contributed by atoms with Crippen LogP contribution >= 0.6 is 35.3 Å². The lowest BCUT2D eigenvalue weighted by Crippen LogP contribution is -2.29. The topological polar surface area (TPSA) is 49.8 Å². The molecule has 1 N–H and O–H groups in total. The summed E-state index contributed by atoms with van der Waals surface area (Å²) in [6.45, 7) is 4.01. The summed E-state index contributed by atoms with van der Waals surface area (Å²) in [5, 5.41) is 10.7. The molecule has 0 saturated carbocycles. The summed E-state index contributed by atoms with van der Waals surface area (Å²) in [5.74, 6) is -0.123. The zero-order chi connectivity index (χ0) is 25.4. The monoisotopic (exact) mass is 561 g/mol. The van der Waals surface area contributed by atoms with Gasteiger partial charge < -0.3 is 9.84 Å². The van der Waals surface area contributed by atoms with Crippen LogP contribution in [-0.2, 0) is 23.9 Å². The Morgan fingerprint density at radius 2 is 1.92 bits per heavy atom. The number of aliphatic carboxylic acids is 1. The highest BCUT2D eigenvalue weighted by Gasteiger charge is 2.34. The van der Waals surface area contributed by atoms with Crippen molar-refractivity contribution in [1.29, 1.82) is 0 Å². The molecule has 0 bridgehead atoms. The Hall–Kier alpha value is -2.26. The third kappa shape index (κ3) is 9.00. The highest BCUT2D eigenvalue weighted by molar-refractivity contribution is 7.10. The molecular formula is C26H28Cl2F3NO3S. The number of thiophene rings is 1. The predicted molar refractivity (Wildman–Crippen MR) is 140 cm³/mol. The van der Waals surface area contributed by atoms with Crippen molar-refractivity contribution in [2.45, 2.75) is 38.4 Å². The van der Waals surface area contributed by atoms with Crippen LogP contribution in [0.25, 0.3) is 0 Å². The number of halogens is 5. The lowest BCUT2D eigenvalue weighted by molar-refractivity contribution is -0.138. The number of carboxylic acid groups (broad SMARTS) is 1. The minimum atomic E-state index is -4.51. The number of alkyl halides is 3. The molecule has 0 amide bonds. The van der Waals surface area contributed by atoms with E-state index in [1.807, 2.05) is 11.4 Å². The summed E-state index contributed by atoms with van der Waals surface area (Å²) in [4.78, 5) is 14.2. The van der Waals surface area contributed by atoms with E-state index in [2.05, 4.69) is 17.9 Å². The molecule has 0 radical (unpaired) electrons. The highest BCUT2D eigenvalue weighted by Crippen LogP contribution is 2.36. The largest absolute Gasteiger partial charge is 0.494 e. The third-order valence-corrected chi connectivity index (χ3v) is 7.03. The SMILES string of the molecule is CC(CN(CCCOc1cccc(CC(=O)O)c1)Cc1cccc(C(F)(F)F)c1Cl)c1cccs1.Cl. The summed E-state index contributed by atoms with van der Waals surface area (Å²) in [5.41, 5.74) is 0.259. The Morgan fingerprint density at radius 3 is 2.58 bits per heavy atom. The smallest absolute Gasteiger partial charge is 0.417 e. The molecule has 0 aliphatic heterocycles. The van der Waals surface area contributed by atoms with Gasteiger partial charge >= 0.3 is 12.1 Å². The van der Waals surface area contributed by atoms with Gasteiger partial charge in [-0.3, -0.25) is 9.69 Å². The second-order valence-corrected chi connectivity index (χ2v) is 9.71. The summed E-state index contributed by atoms with van der Waals surface area (Å²) in [6.07, 6.45) is -3.95. The molecule has 0 aliphatic rings. The maximum atomic E-state index is 13.3. The normalized spacial score (nSPS) is 12.3. The summed E-state index contributed by atoms with van der Waals surface area (Å²) >= 11 is 7.81. The molecule has 4 nitrogen and oxygen atoms in total. The van der Waals surface area contributed by atoms with E-state index in [0.29, 0.717) is 43.0 Å². The number of nitrogens with zero attached hydrogens (tertiary/aromatic N) is 1. The maximum absolute atomic E-state index is 13.3. The fourth-order valence-electron chi connectivity index (χ4n) is 3.84. The molecule has 0 saturated heterocycles. The van der Waals surface area contributed by atoms with Crippen molar-refractivity contribution >= 4 is 41.3 Å². The molecule has 0 spiro atoms. The fraction of sp³-hybridized carbons (Fsp3) is 0.346. The van der Waals surface area contributed by atoms with Crippen LogP contribution in [0, 0.1) is 0 Å². The lowest BCUT2D eigenvalue weighted by Gasteiger charge is -2.26. The first kappa shape index (κ1) is 30.0. The van der Waals surface area contributed by atoms with Gasteiger partial charge in [-0.1, -0.05) is 48.9 Å². The van der Waals surface area contributed by atoms with Crippen LogP contribution in [0.5, 0.6) is 5.75 Å². The second-order valence-electron chi connectivity index (χ2n) is 8.35. The van der Waals surface area contributed by atoms with Crippen molar-refractivity contribution in [3.05, 3.63) is 86.6 Å². The van der Waals surface area contributed by atoms with Crippen molar-refractivity contribution in [3.8, 4) is 5.75 Å². The molecule has 0 fully saturated rings. The molecular weight excluding hydrogens is 534 g/mol. The van der Waals surface area contributed by atoms with Gasteiger partial charge in [0.2, 0.25) is 0 Å². The van der Waals surface area contributed by atoms with Gasteiger partial charge in [0.25, 0.3) is 0 Å². The van der Waals surface area contributed by atoms with Crippen LogP contribution in [0.4, 0.5) is 13.2 Å². The van der Waals surface area contributed by atoms with Gasteiger partial charge in [0.15, 0.2) is 0 Å². The minimum Gasteiger partial charge on any atom is -0.494 e. The van der Waals surface area contributed by atoms with Gasteiger partial charge in [-0.25, -0.2) is 0 Å². The van der Waals surface area contributed by atoms with E-state index in [0.717, 1.165) is 6.07 Å². The number of carbonyl (C=O) groups is 1. The lowest BCUT2D eigenvalue weighted by atomic mass is 10.1. The fourth-order valence-corrected chi connectivity index (χ4v) is 4.91. The van der Waals surface area contributed by atoms with Crippen LogP contribution < -0.4 is 4.74 Å². The van der Waals surface area contributed by atoms with Crippen LogP contribution in [-0.4, -0.2) is 35.7 Å². The van der Waals surface area contributed by atoms with E-state index < -0.39 is 17.7 Å². The second kappa shape index (κ2) is 13.9. The molecule has 3 rings (SSSR count). The van der Waals surface area contributed by atoms with E-state index in [-0.39, 0.29) is 36.3 Å². The molecule has 1 unspecified atom stereocenters. The van der Waals surface area contributed by atoms with Crippen molar-refractivity contribution in [1.82, 2.24) is 4.90 Å². The zero-order valence-electron chi connectivity index (χ0n) is 19.6. The number of rotatable bonds is 12. The van der Waals surface area contributed by atoms with Crippen molar-refractivity contribution in [2.75, 3.05) is 19.7 Å². The van der Waals surface area contributed by atoms with Crippen LogP contribution in [0.15, 0.2) is 60.0 Å². The van der Waals surface area contributed by atoms with Gasteiger partial charge in [-0.2, -0.15) is 13.2 Å². The number of hydrogen-bond acceptors (Lipinski definition) is 4. The van der Waals surface area contributed by atoms with Crippen LogP contribution in [0.3, 0.4) is 0 Å². The number of benzene rings is 2. The van der Waals surface area contributed by atoms with Crippen molar-refractivity contribution < 1.29 is 27.8 Å². The summed E-state index contributed by atoms with van der Waals surface area (Å²) < 4.78 is 45.8. The molecule has 10 heteroatoms. The van der Waals surface area contributed by atoms with Crippen LogP contribution in [0.1, 0.15) is 40.8 Å². The average molecular weight is 562 g/mol. The molecule has 1 atom stereocenters.